The maximum atomic E-state index is 11.7. The average Bonchev–Trinajstić information content (AvgIpc) is 2.91. The van der Waals surface area contributed by atoms with Crippen molar-refractivity contribution in [2.24, 2.45) is 11.8 Å². The van der Waals surface area contributed by atoms with Crippen molar-refractivity contribution < 1.29 is 9.90 Å². The first kappa shape index (κ1) is 17.3. The summed E-state index contributed by atoms with van der Waals surface area (Å²) in [5, 5.41) is 9.58. The Hall–Kier alpha value is -1.04. The summed E-state index contributed by atoms with van der Waals surface area (Å²) in [6, 6.07) is 8.33. The summed E-state index contributed by atoms with van der Waals surface area (Å²) in [5.41, 5.74) is 2.36. The molecule has 2 atom stereocenters. The van der Waals surface area contributed by atoms with Crippen molar-refractivity contribution in [3.63, 3.8) is 0 Å². The van der Waals surface area contributed by atoms with Crippen LogP contribution in [0, 0.1) is 11.8 Å². The van der Waals surface area contributed by atoms with Crippen LogP contribution >= 0.6 is 12.8 Å². The summed E-state index contributed by atoms with van der Waals surface area (Å²) in [6.07, 6.45) is 1.52. The van der Waals surface area contributed by atoms with Crippen LogP contribution in [0.4, 0.5) is 0 Å². The number of hydrogen-bond donors (Lipinski definition) is 2. The second kappa shape index (κ2) is 7.99. The first-order valence-electron chi connectivity index (χ1n) is 7.92. The molecule has 1 heterocycles. The summed E-state index contributed by atoms with van der Waals surface area (Å²) >= 11 is 4.34. The number of hydrogen-bond acceptors (Lipinski definition) is 4. The number of thiol groups is 1. The van der Waals surface area contributed by atoms with Crippen molar-refractivity contribution >= 4 is 18.8 Å². The SMILES string of the molecule is CCN(C)Cc1cccc(CC(C(=O)O)C2CCN(S)C2)c1. The summed E-state index contributed by atoms with van der Waals surface area (Å²) in [5.74, 6) is -0.821. The van der Waals surface area contributed by atoms with Crippen molar-refractivity contribution in [3.05, 3.63) is 35.4 Å². The molecule has 2 rings (SSSR count). The fourth-order valence-electron chi connectivity index (χ4n) is 3.08. The Morgan fingerprint density at radius 3 is 2.82 bits per heavy atom. The highest BCUT2D eigenvalue weighted by atomic mass is 32.1. The molecule has 5 heteroatoms. The highest BCUT2D eigenvalue weighted by molar-refractivity contribution is 7.77. The zero-order valence-corrected chi connectivity index (χ0v) is 14.3. The van der Waals surface area contributed by atoms with E-state index in [4.69, 9.17) is 0 Å². The smallest absolute Gasteiger partial charge is 0.307 e. The van der Waals surface area contributed by atoms with Gasteiger partial charge in [0.2, 0.25) is 0 Å². The molecule has 122 valence electrons. The second-order valence-corrected chi connectivity index (χ2v) is 6.83. The second-order valence-electron chi connectivity index (χ2n) is 6.26. The molecule has 0 aromatic heterocycles. The standard InChI is InChI=1S/C17H26N2O2S/c1-3-18(2)11-14-6-4-5-13(9-14)10-16(17(20)21)15-7-8-19(22)12-15/h4-6,9,15-16,22H,3,7-8,10-12H2,1-2H3,(H,20,21). The first-order valence-corrected chi connectivity index (χ1v) is 8.32. The predicted molar refractivity (Wildman–Crippen MR) is 91.9 cm³/mol. The van der Waals surface area contributed by atoms with Crippen LogP contribution in [0.3, 0.4) is 0 Å². The van der Waals surface area contributed by atoms with Crippen LogP contribution in [0.5, 0.6) is 0 Å². The van der Waals surface area contributed by atoms with E-state index >= 15 is 0 Å². The quantitative estimate of drug-likeness (QED) is 0.757. The fourth-order valence-corrected chi connectivity index (χ4v) is 3.41. The van der Waals surface area contributed by atoms with E-state index in [1.165, 1.54) is 5.56 Å². The van der Waals surface area contributed by atoms with Crippen LogP contribution in [-0.4, -0.2) is 47.0 Å². The molecule has 1 N–H and O–H groups in total. The summed E-state index contributed by atoms with van der Waals surface area (Å²) in [7, 11) is 2.09. The molecule has 0 aliphatic carbocycles. The molecule has 0 spiro atoms. The summed E-state index contributed by atoms with van der Waals surface area (Å²) in [4.78, 5) is 13.9. The molecule has 1 fully saturated rings. The van der Waals surface area contributed by atoms with Gasteiger partial charge in [-0.25, -0.2) is 0 Å². The van der Waals surface area contributed by atoms with Crippen molar-refractivity contribution in [1.82, 2.24) is 9.21 Å². The van der Waals surface area contributed by atoms with Gasteiger partial charge in [-0.3, -0.25) is 9.10 Å². The zero-order chi connectivity index (χ0) is 16.1. The highest BCUT2D eigenvalue weighted by Crippen LogP contribution is 2.28. The topological polar surface area (TPSA) is 43.8 Å². The molecular formula is C17H26N2O2S. The minimum Gasteiger partial charge on any atom is -0.481 e. The summed E-state index contributed by atoms with van der Waals surface area (Å²) < 4.78 is 1.92. The Kier molecular flexibility index (Phi) is 6.29. The maximum Gasteiger partial charge on any atom is 0.307 e. The number of nitrogens with zero attached hydrogens (tertiary/aromatic N) is 2. The lowest BCUT2D eigenvalue weighted by Gasteiger charge is -2.20. The Bertz CT molecular complexity index is 509. The lowest BCUT2D eigenvalue weighted by Crippen LogP contribution is -2.27. The van der Waals surface area contributed by atoms with Crippen molar-refractivity contribution in [3.8, 4) is 0 Å². The van der Waals surface area contributed by atoms with Gasteiger partial charge in [0.15, 0.2) is 0 Å². The van der Waals surface area contributed by atoms with E-state index in [1.807, 2.05) is 16.4 Å². The summed E-state index contributed by atoms with van der Waals surface area (Å²) in [6.45, 7) is 5.67. The van der Waals surface area contributed by atoms with Crippen LogP contribution < -0.4 is 0 Å². The third-order valence-electron chi connectivity index (χ3n) is 4.53. The monoisotopic (exact) mass is 322 g/mol. The zero-order valence-electron chi connectivity index (χ0n) is 13.4. The van der Waals surface area contributed by atoms with E-state index in [2.05, 4.69) is 43.8 Å². The van der Waals surface area contributed by atoms with Gasteiger partial charge in [0.05, 0.1) is 5.92 Å². The molecule has 0 saturated carbocycles. The van der Waals surface area contributed by atoms with Gasteiger partial charge in [0.1, 0.15) is 0 Å². The molecule has 0 amide bonds. The van der Waals surface area contributed by atoms with E-state index in [-0.39, 0.29) is 11.8 Å². The number of carboxylic acid groups (broad SMARTS) is 1. The molecule has 1 aromatic rings. The Balaban J connectivity index is 2.06. The predicted octanol–water partition coefficient (Wildman–Crippen LogP) is 2.55. The average molecular weight is 322 g/mol. The molecule has 1 aliphatic heterocycles. The molecule has 2 unspecified atom stereocenters. The number of benzene rings is 1. The van der Waals surface area contributed by atoms with E-state index in [0.717, 1.165) is 38.2 Å². The number of carboxylic acids is 1. The Morgan fingerprint density at radius 2 is 2.23 bits per heavy atom. The fraction of sp³-hybridized carbons (Fsp3) is 0.588. The highest BCUT2D eigenvalue weighted by Gasteiger charge is 2.33. The number of carbonyl (C=O) groups is 1. The van der Waals surface area contributed by atoms with Crippen LogP contribution in [0.2, 0.25) is 0 Å². The largest absolute Gasteiger partial charge is 0.481 e. The molecule has 22 heavy (non-hydrogen) atoms. The van der Waals surface area contributed by atoms with Gasteiger partial charge in [0.25, 0.3) is 0 Å². The molecule has 4 nitrogen and oxygen atoms in total. The normalized spacial score (nSPS) is 20.5. The van der Waals surface area contributed by atoms with Crippen LogP contribution in [0.1, 0.15) is 24.5 Å². The van der Waals surface area contributed by atoms with Gasteiger partial charge in [0, 0.05) is 19.6 Å². The van der Waals surface area contributed by atoms with Crippen molar-refractivity contribution in [2.75, 3.05) is 26.7 Å². The van der Waals surface area contributed by atoms with Gasteiger partial charge in [-0.05, 0) is 43.5 Å². The minimum atomic E-state index is -0.690. The van der Waals surface area contributed by atoms with Gasteiger partial charge in [-0.2, -0.15) is 0 Å². The molecular weight excluding hydrogens is 296 g/mol. The van der Waals surface area contributed by atoms with Crippen LogP contribution in [0.15, 0.2) is 24.3 Å². The molecule has 0 radical (unpaired) electrons. The Morgan fingerprint density at radius 1 is 1.50 bits per heavy atom. The molecule has 1 aromatic carbocycles. The van der Waals surface area contributed by atoms with Gasteiger partial charge < -0.3 is 10.0 Å². The van der Waals surface area contributed by atoms with Gasteiger partial charge in [-0.15, -0.1) is 0 Å². The third-order valence-corrected chi connectivity index (χ3v) is 4.89. The molecule has 0 bridgehead atoms. The Labute approximate surface area is 138 Å². The van der Waals surface area contributed by atoms with Gasteiger partial charge >= 0.3 is 5.97 Å². The van der Waals surface area contributed by atoms with Crippen LogP contribution in [0.25, 0.3) is 0 Å². The lowest BCUT2D eigenvalue weighted by atomic mass is 9.86. The molecule has 1 aliphatic rings. The molecule has 1 saturated heterocycles. The maximum absolute atomic E-state index is 11.7. The van der Waals surface area contributed by atoms with Crippen LogP contribution in [-0.2, 0) is 17.8 Å². The van der Waals surface area contributed by atoms with E-state index in [9.17, 15) is 9.90 Å². The lowest BCUT2D eigenvalue weighted by molar-refractivity contribution is -0.143. The van der Waals surface area contributed by atoms with E-state index < -0.39 is 5.97 Å². The first-order chi connectivity index (χ1) is 10.5. The third kappa shape index (κ3) is 4.73. The number of rotatable bonds is 7. The van der Waals surface area contributed by atoms with Crippen molar-refractivity contribution in [1.29, 1.82) is 0 Å². The van der Waals surface area contributed by atoms with E-state index in [1.54, 1.807) is 0 Å². The van der Waals surface area contributed by atoms with Gasteiger partial charge in [-0.1, -0.05) is 44.0 Å². The minimum absolute atomic E-state index is 0.192. The number of aliphatic carboxylic acids is 1. The van der Waals surface area contributed by atoms with Crippen molar-refractivity contribution in [2.45, 2.75) is 26.3 Å². The van der Waals surface area contributed by atoms with E-state index in [0.29, 0.717) is 6.42 Å².